The van der Waals surface area contributed by atoms with Gasteiger partial charge in [0.1, 0.15) is 23.2 Å². The van der Waals surface area contributed by atoms with E-state index in [1.807, 2.05) is 12.1 Å². The van der Waals surface area contributed by atoms with E-state index in [0.29, 0.717) is 11.4 Å². The van der Waals surface area contributed by atoms with Crippen LogP contribution in [0.1, 0.15) is 11.5 Å². The van der Waals surface area contributed by atoms with Gasteiger partial charge in [-0.3, -0.25) is 4.79 Å². The fourth-order valence-electron chi connectivity index (χ4n) is 2.49. The molecule has 0 atom stereocenters. The highest BCUT2D eigenvalue weighted by molar-refractivity contribution is 9.10. The maximum absolute atomic E-state index is 12.4. The van der Waals surface area contributed by atoms with Crippen molar-refractivity contribution in [2.45, 2.75) is 11.4 Å². The lowest BCUT2D eigenvalue weighted by molar-refractivity contribution is -0.112. The molecule has 1 amide bonds. The Morgan fingerprint density at radius 1 is 1.06 bits per heavy atom. The Bertz CT molecular complexity index is 1280. The van der Waals surface area contributed by atoms with E-state index in [2.05, 4.69) is 41.9 Å². The third-order valence-electron chi connectivity index (χ3n) is 3.98. The van der Waals surface area contributed by atoms with E-state index in [1.165, 1.54) is 18.2 Å². The first-order valence-electron chi connectivity index (χ1n) is 8.79. The number of hydrogen-bond donors (Lipinski definition) is 2. The average Bonchev–Trinajstić information content (AvgIpc) is 3.18. The first kappa shape index (κ1) is 23.0. The number of nitrogens with zero attached hydrogens (tertiary/aromatic N) is 1. The van der Waals surface area contributed by atoms with Crippen molar-refractivity contribution in [1.82, 2.24) is 4.72 Å². The molecule has 31 heavy (non-hydrogen) atoms. The van der Waals surface area contributed by atoms with Gasteiger partial charge in [0, 0.05) is 20.7 Å². The van der Waals surface area contributed by atoms with Crippen molar-refractivity contribution in [1.29, 1.82) is 5.26 Å². The smallest absolute Gasteiger partial charge is 0.266 e. The first-order valence-corrected chi connectivity index (χ1v) is 11.9. The van der Waals surface area contributed by atoms with Crippen LogP contribution in [-0.4, -0.2) is 14.3 Å². The van der Waals surface area contributed by atoms with E-state index >= 15 is 0 Å². The number of benzene rings is 2. The van der Waals surface area contributed by atoms with Gasteiger partial charge in [-0.05, 0) is 54.6 Å². The highest BCUT2D eigenvalue weighted by Gasteiger charge is 2.15. The molecule has 0 spiro atoms. The number of sulfonamides is 1. The summed E-state index contributed by atoms with van der Waals surface area (Å²) in [5, 5.41) is 12.0. The minimum absolute atomic E-state index is 0.0850. The number of amides is 1. The summed E-state index contributed by atoms with van der Waals surface area (Å²) in [7, 11) is -3.71. The van der Waals surface area contributed by atoms with Gasteiger partial charge >= 0.3 is 0 Å². The zero-order chi connectivity index (χ0) is 22.4. The Morgan fingerprint density at radius 3 is 2.48 bits per heavy atom. The standard InChI is InChI=1S/C21H15Br2N3O4S/c22-15-4-8-20(9-5-15)31(28,29)25-13-19-7-6-18(30-19)10-14(12-24)21(27)26-17-3-1-2-16(23)11-17/h1-11,25H,13H2,(H,26,27)/b14-10-. The van der Waals surface area contributed by atoms with Crippen LogP contribution in [0, 0.1) is 11.3 Å². The second-order valence-electron chi connectivity index (χ2n) is 6.22. The molecule has 3 rings (SSSR count). The molecule has 0 radical (unpaired) electrons. The summed E-state index contributed by atoms with van der Waals surface area (Å²) >= 11 is 6.57. The SMILES string of the molecule is N#C/C(=C/c1ccc(CNS(=O)(=O)c2ccc(Br)cc2)o1)C(=O)Nc1cccc(Br)c1. The maximum atomic E-state index is 12.4. The summed E-state index contributed by atoms with van der Waals surface area (Å²) in [5.41, 5.74) is 0.374. The zero-order valence-electron chi connectivity index (χ0n) is 15.8. The number of nitriles is 1. The van der Waals surface area contributed by atoms with Crippen molar-refractivity contribution in [3.63, 3.8) is 0 Å². The summed E-state index contributed by atoms with van der Waals surface area (Å²) in [6, 6.07) is 18.1. The van der Waals surface area contributed by atoms with Crippen molar-refractivity contribution < 1.29 is 17.6 Å². The third-order valence-corrected chi connectivity index (χ3v) is 6.42. The van der Waals surface area contributed by atoms with Gasteiger partial charge in [-0.2, -0.15) is 5.26 Å². The van der Waals surface area contributed by atoms with Crippen LogP contribution in [-0.2, 0) is 21.4 Å². The van der Waals surface area contributed by atoms with Crippen LogP contribution in [0.5, 0.6) is 0 Å². The molecule has 0 fully saturated rings. The molecule has 0 saturated heterocycles. The molecule has 0 saturated carbocycles. The average molecular weight is 565 g/mol. The Kier molecular flexibility index (Phi) is 7.46. The van der Waals surface area contributed by atoms with E-state index in [0.717, 1.165) is 8.95 Å². The highest BCUT2D eigenvalue weighted by atomic mass is 79.9. The van der Waals surface area contributed by atoms with Crippen LogP contribution in [0.3, 0.4) is 0 Å². The monoisotopic (exact) mass is 563 g/mol. The van der Waals surface area contributed by atoms with Gasteiger partial charge in [-0.15, -0.1) is 0 Å². The normalized spacial score (nSPS) is 11.7. The Hall–Kier alpha value is -2.71. The molecule has 0 bridgehead atoms. The number of anilines is 1. The molecule has 10 heteroatoms. The summed E-state index contributed by atoms with van der Waals surface area (Å²) in [4.78, 5) is 12.5. The highest BCUT2D eigenvalue weighted by Crippen LogP contribution is 2.18. The van der Waals surface area contributed by atoms with Gasteiger partial charge in [0.2, 0.25) is 10.0 Å². The van der Waals surface area contributed by atoms with Crippen LogP contribution in [0.4, 0.5) is 5.69 Å². The van der Waals surface area contributed by atoms with Crippen LogP contribution < -0.4 is 10.0 Å². The quantitative estimate of drug-likeness (QED) is 0.315. The Morgan fingerprint density at radius 2 is 1.81 bits per heavy atom. The van der Waals surface area contributed by atoms with Gasteiger partial charge < -0.3 is 9.73 Å². The minimum atomic E-state index is -3.71. The molecule has 2 aromatic carbocycles. The topological polar surface area (TPSA) is 112 Å². The molecule has 0 aliphatic rings. The number of carbonyl (C=O) groups excluding carboxylic acids is 1. The second-order valence-corrected chi connectivity index (χ2v) is 9.82. The predicted octanol–water partition coefficient (Wildman–Crippen LogP) is 4.83. The molecule has 2 N–H and O–H groups in total. The van der Waals surface area contributed by atoms with Crippen LogP contribution >= 0.6 is 31.9 Å². The van der Waals surface area contributed by atoms with E-state index < -0.39 is 15.9 Å². The second kappa shape index (κ2) is 10.1. The van der Waals surface area contributed by atoms with E-state index in [4.69, 9.17) is 4.42 Å². The number of furan rings is 1. The zero-order valence-corrected chi connectivity index (χ0v) is 19.8. The lowest BCUT2D eigenvalue weighted by Gasteiger charge is -2.05. The summed E-state index contributed by atoms with van der Waals surface area (Å²) in [6.07, 6.45) is 1.29. The molecule has 1 heterocycles. The van der Waals surface area contributed by atoms with E-state index in [9.17, 15) is 18.5 Å². The van der Waals surface area contributed by atoms with Crippen molar-refractivity contribution in [3.05, 3.63) is 86.7 Å². The Balaban J connectivity index is 1.67. The summed E-state index contributed by atoms with van der Waals surface area (Å²) in [5.74, 6) is -0.00935. The molecule has 158 valence electrons. The number of rotatable bonds is 7. The molecule has 0 aliphatic heterocycles. The molecule has 0 unspecified atom stereocenters. The van der Waals surface area contributed by atoms with E-state index in [-0.39, 0.29) is 22.8 Å². The van der Waals surface area contributed by atoms with Crippen LogP contribution in [0.15, 0.2) is 84.5 Å². The molecule has 1 aromatic heterocycles. The largest absolute Gasteiger partial charge is 0.460 e. The molecule has 3 aromatic rings. The number of nitrogens with one attached hydrogen (secondary N) is 2. The lowest BCUT2D eigenvalue weighted by atomic mass is 10.2. The van der Waals surface area contributed by atoms with Crippen LogP contribution in [0.25, 0.3) is 6.08 Å². The number of hydrogen-bond acceptors (Lipinski definition) is 5. The molecular weight excluding hydrogens is 550 g/mol. The van der Waals surface area contributed by atoms with Crippen molar-refractivity contribution >= 4 is 59.6 Å². The summed E-state index contributed by atoms with van der Waals surface area (Å²) in [6.45, 7) is -0.0850. The van der Waals surface area contributed by atoms with Crippen molar-refractivity contribution in [2.24, 2.45) is 0 Å². The van der Waals surface area contributed by atoms with Gasteiger partial charge in [-0.25, -0.2) is 13.1 Å². The van der Waals surface area contributed by atoms with Gasteiger partial charge in [-0.1, -0.05) is 37.9 Å². The maximum Gasteiger partial charge on any atom is 0.266 e. The van der Waals surface area contributed by atoms with Gasteiger partial charge in [0.05, 0.1) is 11.4 Å². The predicted molar refractivity (Wildman–Crippen MR) is 123 cm³/mol. The first-order chi connectivity index (χ1) is 14.8. The van der Waals surface area contributed by atoms with Crippen molar-refractivity contribution in [2.75, 3.05) is 5.32 Å². The van der Waals surface area contributed by atoms with E-state index in [1.54, 1.807) is 42.5 Å². The Labute approximate surface area is 196 Å². The fourth-order valence-corrected chi connectivity index (χ4v) is 4.14. The minimum Gasteiger partial charge on any atom is -0.460 e. The third kappa shape index (κ3) is 6.38. The lowest BCUT2D eigenvalue weighted by Crippen LogP contribution is -2.22. The van der Waals surface area contributed by atoms with Crippen LogP contribution in [0.2, 0.25) is 0 Å². The molecule has 0 aliphatic carbocycles. The molecule has 7 nitrogen and oxygen atoms in total. The number of carbonyl (C=O) groups is 1. The van der Waals surface area contributed by atoms with Gasteiger partial charge in [0.25, 0.3) is 5.91 Å². The van der Waals surface area contributed by atoms with Gasteiger partial charge in [0.15, 0.2) is 0 Å². The fraction of sp³-hybridized carbons (Fsp3) is 0.0476. The summed E-state index contributed by atoms with van der Waals surface area (Å²) < 4.78 is 34.2. The van der Waals surface area contributed by atoms with Crippen molar-refractivity contribution in [3.8, 4) is 6.07 Å². The molecular formula is C21H15Br2N3O4S. The number of halogens is 2.